The van der Waals surface area contributed by atoms with Crippen molar-refractivity contribution in [3.8, 4) is 11.3 Å². The number of benzene rings is 1. The predicted molar refractivity (Wildman–Crippen MR) is 55.8 cm³/mol. The van der Waals surface area contributed by atoms with E-state index in [9.17, 15) is 13.6 Å². The lowest BCUT2D eigenvalue weighted by atomic mass is 10.1. The van der Waals surface area contributed by atoms with Crippen LogP contribution in [0.25, 0.3) is 11.3 Å². The lowest BCUT2D eigenvalue weighted by molar-refractivity contribution is 0.0663. The van der Waals surface area contributed by atoms with Gasteiger partial charge in [0.2, 0.25) is 5.76 Å². The highest BCUT2D eigenvalue weighted by Crippen LogP contribution is 2.27. The zero-order valence-corrected chi connectivity index (χ0v) is 8.83. The van der Waals surface area contributed by atoms with E-state index in [0.29, 0.717) is 0 Å². The number of carboxylic acid groups (broad SMARTS) is 1. The van der Waals surface area contributed by atoms with Crippen LogP contribution in [0.4, 0.5) is 8.78 Å². The van der Waals surface area contributed by atoms with Gasteiger partial charge in [-0.1, -0.05) is 0 Å². The van der Waals surface area contributed by atoms with E-state index in [1.54, 1.807) is 0 Å². The maximum absolute atomic E-state index is 13.6. The summed E-state index contributed by atoms with van der Waals surface area (Å²) in [6, 6.07) is 4.49. The summed E-state index contributed by atoms with van der Waals surface area (Å²) in [5.74, 6) is -2.83. The molecule has 0 saturated carbocycles. The quantitative estimate of drug-likeness (QED) is 0.873. The highest BCUT2D eigenvalue weighted by atomic mass is 19.1. The van der Waals surface area contributed by atoms with Gasteiger partial charge in [-0.05, 0) is 36.8 Å². The Morgan fingerprint density at radius 1 is 1.24 bits per heavy atom. The lowest BCUT2D eigenvalue weighted by Crippen LogP contribution is -1.92. The summed E-state index contributed by atoms with van der Waals surface area (Å²) < 4.78 is 31.7. The molecule has 1 heterocycles. The summed E-state index contributed by atoms with van der Waals surface area (Å²) in [4.78, 5) is 10.6. The number of hydrogen-bond acceptors (Lipinski definition) is 2. The van der Waals surface area contributed by atoms with Crippen LogP contribution >= 0.6 is 0 Å². The van der Waals surface area contributed by atoms with Gasteiger partial charge < -0.3 is 9.52 Å². The van der Waals surface area contributed by atoms with Crippen LogP contribution in [0.5, 0.6) is 0 Å². The average Bonchev–Trinajstić information content (AvgIpc) is 2.72. The zero-order valence-electron chi connectivity index (χ0n) is 8.83. The summed E-state index contributed by atoms with van der Waals surface area (Å²) in [5.41, 5.74) is 0.0804. The van der Waals surface area contributed by atoms with Gasteiger partial charge in [0.05, 0.1) is 5.56 Å². The lowest BCUT2D eigenvalue weighted by Gasteiger charge is -2.02. The summed E-state index contributed by atoms with van der Waals surface area (Å²) in [6.07, 6.45) is 0. The van der Waals surface area contributed by atoms with Gasteiger partial charge in [-0.3, -0.25) is 0 Å². The third kappa shape index (κ3) is 2.04. The molecule has 1 aromatic heterocycles. The number of hydrogen-bond donors (Lipinski definition) is 1. The average molecular weight is 238 g/mol. The molecule has 17 heavy (non-hydrogen) atoms. The number of carboxylic acids is 1. The monoisotopic (exact) mass is 238 g/mol. The van der Waals surface area contributed by atoms with Crippen LogP contribution in [-0.4, -0.2) is 11.1 Å². The fourth-order valence-electron chi connectivity index (χ4n) is 1.43. The highest BCUT2D eigenvalue weighted by molar-refractivity contribution is 5.85. The standard InChI is InChI=1S/C12H8F2O3/c1-6-4-9(14)7(5-8(6)13)10-2-3-11(17-10)12(15)16/h2-5H,1H3,(H,15,16). The molecule has 0 saturated heterocycles. The first-order chi connectivity index (χ1) is 7.99. The van der Waals surface area contributed by atoms with E-state index in [-0.39, 0.29) is 22.6 Å². The molecule has 88 valence electrons. The van der Waals surface area contributed by atoms with Crippen LogP contribution < -0.4 is 0 Å². The number of carbonyl (C=O) groups is 1. The highest BCUT2D eigenvalue weighted by Gasteiger charge is 2.15. The molecular weight excluding hydrogens is 230 g/mol. The molecule has 0 aliphatic carbocycles. The van der Waals surface area contributed by atoms with E-state index in [1.165, 1.54) is 19.1 Å². The van der Waals surface area contributed by atoms with Gasteiger partial charge in [0.1, 0.15) is 17.4 Å². The van der Waals surface area contributed by atoms with Crippen LogP contribution in [0.1, 0.15) is 16.1 Å². The van der Waals surface area contributed by atoms with Crippen LogP contribution in [0.15, 0.2) is 28.7 Å². The SMILES string of the molecule is Cc1cc(F)c(-c2ccc(C(=O)O)o2)cc1F. The van der Waals surface area contributed by atoms with E-state index in [1.807, 2.05) is 0 Å². The minimum Gasteiger partial charge on any atom is -0.475 e. The number of aryl methyl sites for hydroxylation is 1. The van der Waals surface area contributed by atoms with Gasteiger partial charge in [-0.15, -0.1) is 0 Å². The van der Waals surface area contributed by atoms with Crippen molar-refractivity contribution in [1.82, 2.24) is 0 Å². The molecule has 0 amide bonds. The van der Waals surface area contributed by atoms with Gasteiger partial charge >= 0.3 is 5.97 Å². The van der Waals surface area contributed by atoms with Crippen molar-refractivity contribution >= 4 is 5.97 Å². The van der Waals surface area contributed by atoms with Gasteiger partial charge in [0.25, 0.3) is 0 Å². The molecule has 0 bridgehead atoms. The van der Waals surface area contributed by atoms with Gasteiger partial charge in [-0.25, -0.2) is 13.6 Å². The van der Waals surface area contributed by atoms with E-state index in [4.69, 9.17) is 9.52 Å². The third-order valence-corrected chi connectivity index (χ3v) is 2.33. The van der Waals surface area contributed by atoms with E-state index >= 15 is 0 Å². The Kier molecular flexibility index (Phi) is 2.67. The molecule has 1 N–H and O–H groups in total. The topological polar surface area (TPSA) is 50.4 Å². The predicted octanol–water partition coefficient (Wildman–Crippen LogP) is 3.23. The van der Waals surface area contributed by atoms with Gasteiger partial charge in [-0.2, -0.15) is 0 Å². The van der Waals surface area contributed by atoms with E-state index in [2.05, 4.69) is 0 Å². The number of furan rings is 1. The molecule has 5 heteroatoms. The molecule has 1 aromatic carbocycles. The van der Waals surface area contributed by atoms with Crippen molar-refractivity contribution in [2.75, 3.05) is 0 Å². The zero-order chi connectivity index (χ0) is 12.6. The fourth-order valence-corrected chi connectivity index (χ4v) is 1.43. The summed E-state index contributed by atoms with van der Waals surface area (Å²) >= 11 is 0. The van der Waals surface area contributed by atoms with Crippen molar-refractivity contribution in [3.05, 3.63) is 47.2 Å². The Bertz CT molecular complexity index is 587. The number of rotatable bonds is 2. The molecule has 3 nitrogen and oxygen atoms in total. The van der Waals surface area contributed by atoms with Crippen LogP contribution in [0.3, 0.4) is 0 Å². The van der Waals surface area contributed by atoms with Gasteiger partial charge in [0, 0.05) is 0 Å². The summed E-state index contributed by atoms with van der Waals surface area (Å²) in [6.45, 7) is 1.44. The molecule has 0 aliphatic heterocycles. The second-order valence-electron chi connectivity index (χ2n) is 3.55. The fraction of sp³-hybridized carbons (Fsp3) is 0.0833. The largest absolute Gasteiger partial charge is 0.475 e. The molecule has 0 spiro atoms. The van der Waals surface area contributed by atoms with Gasteiger partial charge in [0.15, 0.2) is 0 Å². The van der Waals surface area contributed by atoms with Crippen molar-refractivity contribution in [2.24, 2.45) is 0 Å². The summed E-state index contributed by atoms with van der Waals surface area (Å²) in [5, 5.41) is 8.65. The number of halogens is 2. The van der Waals surface area contributed by atoms with Crippen molar-refractivity contribution in [2.45, 2.75) is 6.92 Å². The Balaban J connectivity index is 2.52. The molecule has 0 unspecified atom stereocenters. The van der Waals surface area contributed by atoms with Crippen molar-refractivity contribution < 1.29 is 23.1 Å². The minimum atomic E-state index is -1.26. The molecule has 0 radical (unpaired) electrons. The first kappa shape index (κ1) is 11.3. The Morgan fingerprint density at radius 2 is 1.94 bits per heavy atom. The first-order valence-corrected chi connectivity index (χ1v) is 4.78. The van der Waals surface area contributed by atoms with Crippen LogP contribution in [0, 0.1) is 18.6 Å². The normalized spacial score (nSPS) is 10.5. The van der Waals surface area contributed by atoms with Crippen molar-refractivity contribution in [1.29, 1.82) is 0 Å². The van der Waals surface area contributed by atoms with Crippen LogP contribution in [0.2, 0.25) is 0 Å². The maximum atomic E-state index is 13.6. The second kappa shape index (κ2) is 4.01. The third-order valence-electron chi connectivity index (χ3n) is 2.33. The Hall–Kier alpha value is -2.17. The molecule has 2 rings (SSSR count). The second-order valence-corrected chi connectivity index (χ2v) is 3.55. The van der Waals surface area contributed by atoms with Crippen LogP contribution in [-0.2, 0) is 0 Å². The minimum absolute atomic E-state index is 0.0150. The first-order valence-electron chi connectivity index (χ1n) is 4.78. The summed E-state index contributed by atoms with van der Waals surface area (Å²) in [7, 11) is 0. The van der Waals surface area contributed by atoms with E-state index < -0.39 is 17.6 Å². The molecular formula is C12H8F2O3. The Labute approximate surface area is 95.3 Å². The molecule has 2 aromatic rings. The molecule has 0 atom stereocenters. The van der Waals surface area contributed by atoms with Crippen molar-refractivity contribution in [3.63, 3.8) is 0 Å². The number of aromatic carboxylic acids is 1. The molecule has 0 fully saturated rings. The smallest absolute Gasteiger partial charge is 0.371 e. The van der Waals surface area contributed by atoms with E-state index in [0.717, 1.165) is 12.1 Å². The maximum Gasteiger partial charge on any atom is 0.371 e. The Morgan fingerprint density at radius 3 is 2.53 bits per heavy atom. The molecule has 0 aliphatic rings.